The van der Waals surface area contributed by atoms with Crippen LogP contribution < -0.4 is 0 Å². The van der Waals surface area contributed by atoms with Crippen LogP contribution in [0.4, 0.5) is 8.78 Å². The number of oxazole rings is 1. The molecule has 0 radical (unpaired) electrons. The van der Waals surface area contributed by atoms with Crippen LogP contribution in [0.3, 0.4) is 0 Å². The topological polar surface area (TPSA) is 56.7 Å². The summed E-state index contributed by atoms with van der Waals surface area (Å²) in [6, 6.07) is 8.84. The van der Waals surface area contributed by atoms with Crippen LogP contribution in [0.2, 0.25) is 0 Å². The summed E-state index contributed by atoms with van der Waals surface area (Å²) in [5.74, 6) is -0.739. The van der Waals surface area contributed by atoms with Gasteiger partial charge in [0.1, 0.15) is 22.8 Å². The van der Waals surface area contributed by atoms with Crippen LogP contribution in [-0.4, -0.2) is 20.0 Å². The number of rotatable bonds is 3. The molecule has 0 saturated carbocycles. The maximum absolute atomic E-state index is 14.1. The summed E-state index contributed by atoms with van der Waals surface area (Å²) < 4.78 is 34.9. The Morgan fingerprint density at radius 1 is 1.08 bits per heavy atom. The number of nitrogens with zero attached hydrogens (tertiary/aromatic N) is 4. The van der Waals surface area contributed by atoms with E-state index in [-0.39, 0.29) is 17.3 Å². The average Bonchev–Trinajstić information content (AvgIpc) is 3.22. The molecule has 2 aromatic heterocycles. The maximum atomic E-state index is 14.1. The zero-order chi connectivity index (χ0) is 17.6. The van der Waals surface area contributed by atoms with E-state index in [9.17, 15) is 8.78 Å². The number of hydrogen-bond acceptors (Lipinski definition) is 4. The lowest BCUT2D eigenvalue weighted by Crippen LogP contribution is -2.02. The predicted octanol–water partition coefficient (Wildman–Crippen LogP) is 4.61. The van der Waals surface area contributed by atoms with Gasteiger partial charge in [0.15, 0.2) is 12.2 Å². The van der Waals surface area contributed by atoms with E-state index >= 15 is 0 Å². The van der Waals surface area contributed by atoms with Crippen molar-refractivity contribution in [2.24, 2.45) is 0 Å². The molecule has 0 aliphatic rings. The van der Waals surface area contributed by atoms with E-state index in [0.717, 1.165) is 29.2 Å². The van der Waals surface area contributed by atoms with E-state index in [2.05, 4.69) is 15.3 Å². The Labute approximate surface area is 141 Å². The minimum atomic E-state index is -0.563. The molecule has 2 aromatic carbocycles. The molecule has 7 heteroatoms. The molecule has 0 aliphatic heterocycles. The lowest BCUT2D eigenvalue weighted by Gasteiger charge is -2.07. The van der Waals surface area contributed by atoms with Gasteiger partial charge >= 0.3 is 0 Å². The second-order valence-electron chi connectivity index (χ2n) is 5.99. The lowest BCUT2D eigenvalue weighted by molar-refractivity contribution is 0.530. The van der Waals surface area contributed by atoms with Crippen molar-refractivity contribution in [3.8, 4) is 22.6 Å². The molecular formula is C18H14F2N4O. The molecule has 0 saturated heterocycles. The van der Waals surface area contributed by atoms with Gasteiger partial charge in [-0.05, 0) is 50.2 Å². The molecule has 5 nitrogen and oxygen atoms in total. The van der Waals surface area contributed by atoms with Gasteiger partial charge in [-0.15, -0.1) is 5.10 Å². The highest BCUT2D eigenvalue weighted by Gasteiger charge is 2.18. The average molecular weight is 340 g/mol. The second kappa shape index (κ2) is 5.77. The van der Waals surface area contributed by atoms with Crippen molar-refractivity contribution in [2.45, 2.75) is 19.9 Å². The molecule has 0 spiro atoms. The summed E-state index contributed by atoms with van der Waals surface area (Å²) in [6.45, 7) is 4.01. The molecular weight excluding hydrogens is 326 g/mol. The van der Waals surface area contributed by atoms with Gasteiger partial charge in [-0.3, -0.25) is 0 Å². The van der Waals surface area contributed by atoms with Gasteiger partial charge < -0.3 is 4.42 Å². The number of hydrogen-bond donors (Lipinski definition) is 0. The summed E-state index contributed by atoms with van der Waals surface area (Å²) >= 11 is 0. The zero-order valence-electron chi connectivity index (χ0n) is 13.6. The third-order valence-corrected chi connectivity index (χ3v) is 3.97. The van der Waals surface area contributed by atoms with Crippen LogP contribution in [0.25, 0.3) is 33.6 Å². The van der Waals surface area contributed by atoms with Crippen LogP contribution in [0, 0.1) is 11.6 Å². The van der Waals surface area contributed by atoms with E-state index in [0.29, 0.717) is 11.3 Å². The largest absolute Gasteiger partial charge is 0.443 e. The van der Waals surface area contributed by atoms with Crippen molar-refractivity contribution in [1.29, 1.82) is 0 Å². The summed E-state index contributed by atoms with van der Waals surface area (Å²) in [5.41, 5.74) is 2.57. The SMILES string of the molecule is CC(C)n1nnc2ccc(-c3ocnc3-c3cc(F)ccc3F)cc21. The lowest BCUT2D eigenvalue weighted by atomic mass is 10.0. The van der Waals surface area contributed by atoms with Gasteiger partial charge in [-0.2, -0.15) is 0 Å². The molecule has 25 heavy (non-hydrogen) atoms. The van der Waals surface area contributed by atoms with Crippen molar-refractivity contribution in [1.82, 2.24) is 20.0 Å². The molecule has 0 atom stereocenters. The van der Waals surface area contributed by atoms with Crippen molar-refractivity contribution >= 4 is 11.0 Å². The molecule has 126 valence electrons. The minimum absolute atomic E-state index is 0.0549. The van der Waals surface area contributed by atoms with Gasteiger partial charge in [0.05, 0.1) is 5.52 Å². The Bertz CT molecular complexity index is 1070. The van der Waals surface area contributed by atoms with Crippen LogP contribution in [0.15, 0.2) is 47.2 Å². The highest BCUT2D eigenvalue weighted by atomic mass is 19.1. The van der Waals surface area contributed by atoms with Crippen molar-refractivity contribution < 1.29 is 13.2 Å². The predicted molar refractivity (Wildman–Crippen MR) is 88.8 cm³/mol. The zero-order valence-corrected chi connectivity index (χ0v) is 13.6. The fourth-order valence-electron chi connectivity index (χ4n) is 2.78. The molecule has 0 aliphatic carbocycles. The molecule has 0 bridgehead atoms. The molecule has 0 unspecified atom stereocenters. The monoisotopic (exact) mass is 340 g/mol. The Hall–Kier alpha value is -3.09. The first-order valence-electron chi connectivity index (χ1n) is 7.79. The Balaban J connectivity index is 1.89. The van der Waals surface area contributed by atoms with E-state index in [1.54, 1.807) is 10.7 Å². The van der Waals surface area contributed by atoms with E-state index in [1.165, 1.54) is 6.39 Å². The number of aromatic nitrogens is 4. The molecule has 0 N–H and O–H groups in total. The fourth-order valence-corrected chi connectivity index (χ4v) is 2.78. The molecule has 2 heterocycles. The normalized spacial score (nSPS) is 11.6. The van der Waals surface area contributed by atoms with Gasteiger partial charge in [0, 0.05) is 17.2 Å². The third-order valence-electron chi connectivity index (χ3n) is 3.97. The fraction of sp³-hybridized carbons (Fsp3) is 0.167. The first kappa shape index (κ1) is 15.4. The highest BCUT2D eigenvalue weighted by Crippen LogP contribution is 2.34. The van der Waals surface area contributed by atoms with E-state index < -0.39 is 11.6 Å². The van der Waals surface area contributed by atoms with Crippen molar-refractivity contribution in [3.05, 3.63) is 54.4 Å². The molecule has 0 amide bonds. The molecule has 4 aromatic rings. The van der Waals surface area contributed by atoms with Gasteiger partial charge in [0.25, 0.3) is 0 Å². The van der Waals surface area contributed by atoms with Gasteiger partial charge in [0.2, 0.25) is 0 Å². The van der Waals surface area contributed by atoms with Crippen molar-refractivity contribution in [2.75, 3.05) is 0 Å². The van der Waals surface area contributed by atoms with Crippen LogP contribution >= 0.6 is 0 Å². The quantitative estimate of drug-likeness (QED) is 0.546. The number of fused-ring (bicyclic) bond motifs is 1. The Kier molecular flexibility index (Phi) is 3.56. The maximum Gasteiger partial charge on any atom is 0.182 e. The van der Waals surface area contributed by atoms with Crippen molar-refractivity contribution in [3.63, 3.8) is 0 Å². The first-order valence-corrected chi connectivity index (χ1v) is 7.79. The third kappa shape index (κ3) is 2.57. The molecule has 0 fully saturated rings. The smallest absolute Gasteiger partial charge is 0.182 e. The van der Waals surface area contributed by atoms with Crippen LogP contribution in [0.5, 0.6) is 0 Å². The van der Waals surface area contributed by atoms with Gasteiger partial charge in [-0.25, -0.2) is 18.4 Å². The Morgan fingerprint density at radius 2 is 1.92 bits per heavy atom. The van der Waals surface area contributed by atoms with E-state index in [4.69, 9.17) is 4.42 Å². The first-order chi connectivity index (χ1) is 12.0. The van der Waals surface area contributed by atoms with Gasteiger partial charge in [-0.1, -0.05) is 5.21 Å². The van der Waals surface area contributed by atoms with Crippen LogP contribution in [0.1, 0.15) is 19.9 Å². The summed E-state index contributed by atoms with van der Waals surface area (Å²) in [6.07, 6.45) is 1.22. The number of benzene rings is 2. The highest BCUT2D eigenvalue weighted by molar-refractivity contribution is 5.84. The van der Waals surface area contributed by atoms with Crippen LogP contribution in [-0.2, 0) is 0 Å². The summed E-state index contributed by atoms with van der Waals surface area (Å²) in [4.78, 5) is 4.08. The number of halogens is 2. The second-order valence-corrected chi connectivity index (χ2v) is 5.99. The standard InChI is InChI=1S/C18H14F2N4O/c1-10(2)24-16-7-11(3-6-15(16)22-23-24)18-17(21-9-25-18)13-8-12(19)4-5-14(13)20/h3-10H,1-2H3. The molecule has 4 rings (SSSR count). The summed E-state index contributed by atoms with van der Waals surface area (Å²) in [5, 5.41) is 8.26. The van der Waals surface area contributed by atoms with E-state index in [1.807, 2.05) is 26.0 Å². The minimum Gasteiger partial charge on any atom is -0.443 e. The Morgan fingerprint density at radius 3 is 2.72 bits per heavy atom. The summed E-state index contributed by atoms with van der Waals surface area (Å²) in [7, 11) is 0.